The Hall–Kier alpha value is -1.23. The fourth-order valence-electron chi connectivity index (χ4n) is 1.64. The number of anilines is 1. The molecule has 0 bridgehead atoms. The monoisotopic (exact) mass is 312 g/mol. The molecule has 1 aromatic rings. The number of nitrogens with one attached hydrogen (secondary N) is 1. The van der Waals surface area contributed by atoms with Gasteiger partial charge in [0.05, 0.1) is 0 Å². The van der Waals surface area contributed by atoms with Crippen LogP contribution in [-0.4, -0.2) is 26.5 Å². The molecule has 2 rings (SSSR count). The molecule has 18 heavy (non-hydrogen) atoms. The second-order valence-corrected chi connectivity index (χ2v) is 5.45. The fraction of sp³-hybridized carbons (Fsp3) is 0.417. The van der Waals surface area contributed by atoms with Gasteiger partial charge in [0.25, 0.3) is 0 Å². The normalized spacial score (nSPS) is 15.7. The molecule has 1 aromatic carbocycles. The SMILES string of the molecule is CC[C@H](C)[C@H](N)C(=O)Nc1cccc2c1N=[Se]=N2. The van der Waals surface area contributed by atoms with Crippen LogP contribution in [0.5, 0.6) is 0 Å². The molecule has 0 fully saturated rings. The Labute approximate surface area is 112 Å². The summed E-state index contributed by atoms with van der Waals surface area (Å²) in [6.07, 6.45) is 0.879. The van der Waals surface area contributed by atoms with E-state index in [0.717, 1.165) is 17.8 Å². The predicted molar refractivity (Wildman–Crippen MR) is 72.4 cm³/mol. The molecule has 0 spiro atoms. The summed E-state index contributed by atoms with van der Waals surface area (Å²) in [6, 6.07) is 5.11. The average molecular weight is 311 g/mol. The summed E-state index contributed by atoms with van der Waals surface area (Å²) in [7, 11) is 0. The molecule has 1 aliphatic heterocycles. The van der Waals surface area contributed by atoms with Crippen LogP contribution in [0.3, 0.4) is 0 Å². The van der Waals surface area contributed by atoms with Crippen molar-refractivity contribution in [2.45, 2.75) is 26.3 Å². The molecule has 96 valence electrons. The van der Waals surface area contributed by atoms with Gasteiger partial charge in [0.1, 0.15) is 0 Å². The van der Waals surface area contributed by atoms with E-state index >= 15 is 0 Å². The molecule has 2 atom stereocenters. The van der Waals surface area contributed by atoms with Gasteiger partial charge in [-0.15, -0.1) is 0 Å². The van der Waals surface area contributed by atoms with Crippen molar-refractivity contribution < 1.29 is 4.79 Å². The van der Waals surface area contributed by atoms with Crippen molar-refractivity contribution in [1.29, 1.82) is 0 Å². The molecule has 0 aliphatic carbocycles. The number of rotatable bonds is 4. The number of fused-ring (bicyclic) bond motifs is 1. The number of carbonyl (C=O) groups is 1. The molecule has 0 aromatic heterocycles. The summed E-state index contributed by atoms with van der Waals surface area (Å²) >= 11 is -0.0952. The maximum absolute atomic E-state index is 12.0. The number of carbonyl (C=O) groups excluding carboxylic acids is 1. The average Bonchev–Trinajstić information content (AvgIpc) is 2.86. The molecule has 1 aliphatic rings. The van der Waals surface area contributed by atoms with Crippen LogP contribution in [0.15, 0.2) is 26.1 Å². The van der Waals surface area contributed by atoms with E-state index < -0.39 is 6.04 Å². The van der Waals surface area contributed by atoms with E-state index in [1.165, 1.54) is 0 Å². The van der Waals surface area contributed by atoms with E-state index in [0.29, 0.717) is 5.69 Å². The zero-order chi connectivity index (χ0) is 13.1. The number of amides is 1. The first-order chi connectivity index (χ1) is 8.63. The van der Waals surface area contributed by atoms with E-state index in [2.05, 4.69) is 13.2 Å². The van der Waals surface area contributed by atoms with E-state index in [1.54, 1.807) is 0 Å². The van der Waals surface area contributed by atoms with Crippen LogP contribution >= 0.6 is 0 Å². The Morgan fingerprint density at radius 1 is 1.50 bits per heavy atom. The van der Waals surface area contributed by atoms with Gasteiger partial charge in [-0.1, -0.05) is 0 Å². The van der Waals surface area contributed by atoms with Crippen molar-refractivity contribution in [3.8, 4) is 0 Å². The summed E-state index contributed by atoms with van der Waals surface area (Å²) < 4.78 is 8.59. The number of hydrogen-bond donors (Lipinski definition) is 2. The van der Waals surface area contributed by atoms with E-state index in [1.807, 2.05) is 32.0 Å². The third kappa shape index (κ3) is 2.61. The van der Waals surface area contributed by atoms with Gasteiger partial charge in [0.2, 0.25) is 0 Å². The first kappa shape index (κ1) is 13.2. The molecular weight excluding hydrogens is 295 g/mol. The number of nitrogens with zero attached hydrogens (tertiary/aromatic N) is 2. The van der Waals surface area contributed by atoms with Crippen LogP contribution in [0, 0.1) is 5.92 Å². The van der Waals surface area contributed by atoms with E-state index in [4.69, 9.17) is 5.73 Å². The number of hydrogen-bond acceptors (Lipinski definition) is 4. The maximum atomic E-state index is 12.0. The Balaban J connectivity index is 2.14. The van der Waals surface area contributed by atoms with Crippen molar-refractivity contribution in [3.63, 3.8) is 0 Å². The van der Waals surface area contributed by atoms with Gasteiger partial charge in [-0.25, -0.2) is 0 Å². The molecular formula is C12H16N4OSe. The van der Waals surface area contributed by atoms with Gasteiger partial charge < -0.3 is 0 Å². The van der Waals surface area contributed by atoms with Crippen LogP contribution < -0.4 is 11.1 Å². The molecule has 1 amide bonds. The third-order valence-corrected chi connectivity index (χ3v) is 4.24. The van der Waals surface area contributed by atoms with Crippen LogP contribution in [0.2, 0.25) is 0 Å². The van der Waals surface area contributed by atoms with Crippen molar-refractivity contribution >= 4 is 37.5 Å². The van der Waals surface area contributed by atoms with Crippen molar-refractivity contribution in [3.05, 3.63) is 18.2 Å². The van der Waals surface area contributed by atoms with Crippen molar-refractivity contribution in [2.24, 2.45) is 19.6 Å². The van der Waals surface area contributed by atoms with Gasteiger partial charge in [-0.3, -0.25) is 0 Å². The van der Waals surface area contributed by atoms with Crippen LogP contribution in [0.4, 0.5) is 17.1 Å². The van der Waals surface area contributed by atoms with Gasteiger partial charge in [-0.2, -0.15) is 0 Å². The zero-order valence-electron chi connectivity index (χ0n) is 10.4. The fourth-order valence-corrected chi connectivity index (χ4v) is 2.79. The molecule has 0 unspecified atom stereocenters. The predicted octanol–water partition coefficient (Wildman–Crippen LogP) is 2.35. The quantitative estimate of drug-likeness (QED) is 0.850. The molecule has 0 saturated carbocycles. The van der Waals surface area contributed by atoms with Gasteiger partial charge in [0, 0.05) is 0 Å². The van der Waals surface area contributed by atoms with Crippen LogP contribution in [0.25, 0.3) is 0 Å². The van der Waals surface area contributed by atoms with E-state index in [-0.39, 0.29) is 26.4 Å². The zero-order valence-corrected chi connectivity index (χ0v) is 12.1. The Morgan fingerprint density at radius 3 is 3.00 bits per heavy atom. The number of nitrogens with two attached hydrogens (primary N) is 1. The minimum absolute atomic E-state index is 0.0952. The molecule has 0 radical (unpaired) electrons. The summed E-state index contributed by atoms with van der Waals surface area (Å²) in [5.74, 6) is -0.0000410. The minimum atomic E-state index is -0.491. The Morgan fingerprint density at radius 2 is 2.28 bits per heavy atom. The molecule has 3 N–H and O–H groups in total. The second kappa shape index (κ2) is 5.61. The summed E-state index contributed by atoms with van der Waals surface area (Å²) in [4.78, 5) is 12.0. The summed E-state index contributed by atoms with van der Waals surface area (Å²) in [6.45, 7) is 4.00. The molecule has 0 saturated heterocycles. The molecule has 6 heteroatoms. The third-order valence-electron chi connectivity index (χ3n) is 3.10. The summed E-state index contributed by atoms with van der Waals surface area (Å²) in [5.41, 5.74) is 8.24. The number of benzene rings is 1. The standard InChI is InChI=1S/C12H16N4OSe/c1-3-7(2)10(13)12(17)14-8-5-4-6-9-11(8)16-18-15-9/h4-7,10H,3,13H2,1-2H3,(H,14,17)/t7-,10-/m0/s1. The summed E-state index contributed by atoms with van der Waals surface area (Å²) in [5, 5.41) is 2.85. The van der Waals surface area contributed by atoms with Crippen LogP contribution in [0.1, 0.15) is 20.3 Å². The van der Waals surface area contributed by atoms with E-state index in [9.17, 15) is 4.79 Å². The first-order valence-electron chi connectivity index (χ1n) is 5.91. The van der Waals surface area contributed by atoms with Crippen molar-refractivity contribution in [1.82, 2.24) is 0 Å². The second-order valence-electron chi connectivity index (χ2n) is 4.34. The van der Waals surface area contributed by atoms with Gasteiger partial charge >= 0.3 is 112 Å². The first-order valence-corrected chi connectivity index (χ1v) is 7.44. The van der Waals surface area contributed by atoms with Crippen molar-refractivity contribution in [2.75, 3.05) is 5.32 Å². The Kier molecular flexibility index (Phi) is 4.11. The Bertz CT molecular complexity index is 537. The van der Waals surface area contributed by atoms with Gasteiger partial charge in [0.15, 0.2) is 0 Å². The molecule has 5 nitrogen and oxygen atoms in total. The molecule has 1 heterocycles. The van der Waals surface area contributed by atoms with Gasteiger partial charge in [-0.05, 0) is 0 Å². The van der Waals surface area contributed by atoms with Crippen LogP contribution in [-0.2, 0) is 4.79 Å². The topological polar surface area (TPSA) is 79.8 Å².